The molecular formula is C10H11Cl2NO. The summed E-state index contributed by atoms with van der Waals surface area (Å²) in [7, 11) is 0. The maximum absolute atomic E-state index is 11.8. The van der Waals surface area contributed by atoms with Gasteiger partial charge in [0, 0.05) is 5.56 Å². The average Bonchev–Trinajstić information content (AvgIpc) is 2.07. The first-order valence-corrected chi connectivity index (χ1v) is 4.87. The van der Waals surface area contributed by atoms with Gasteiger partial charge in [-0.05, 0) is 26.0 Å². The second-order valence-electron chi connectivity index (χ2n) is 3.65. The van der Waals surface area contributed by atoms with Gasteiger partial charge in [0.15, 0.2) is 5.78 Å². The van der Waals surface area contributed by atoms with Crippen LogP contribution < -0.4 is 5.73 Å². The minimum Gasteiger partial charge on any atom is -0.319 e. The molecule has 0 heterocycles. The van der Waals surface area contributed by atoms with E-state index < -0.39 is 5.54 Å². The fraction of sp³-hybridized carbons (Fsp3) is 0.300. The van der Waals surface area contributed by atoms with Crippen LogP contribution in [0, 0.1) is 0 Å². The molecule has 14 heavy (non-hydrogen) atoms. The molecule has 0 aliphatic carbocycles. The van der Waals surface area contributed by atoms with Crippen molar-refractivity contribution < 1.29 is 4.79 Å². The Balaban J connectivity index is 3.21. The normalized spacial score (nSPS) is 11.5. The van der Waals surface area contributed by atoms with Crippen molar-refractivity contribution in [1.29, 1.82) is 0 Å². The monoisotopic (exact) mass is 231 g/mol. The van der Waals surface area contributed by atoms with Gasteiger partial charge < -0.3 is 5.73 Å². The molecular weight excluding hydrogens is 221 g/mol. The van der Waals surface area contributed by atoms with Gasteiger partial charge in [0.05, 0.1) is 15.6 Å². The number of carbonyl (C=O) groups excluding carboxylic acids is 1. The van der Waals surface area contributed by atoms with Crippen LogP contribution in [0.15, 0.2) is 18.2 Å². The van der Waals surface area contributed by atoms with Crippen molar-refractivity contribution >= 4 is 29.0 Å². The molecule has 2 nitrogen and oxygen atoms in total. The highest BCUT2D eigenvalue weighted by Gasteiger charge is 2.25. The van der Waals surface area contributed by atoms with Gasteiger partial charge in [0.25, 0.3) is 0 Å². The van der Waals surface area contributed by atoms with Crippen LogP contribution in [0.5, 0.6) is 0 Å². The lowest BCUT2D eigenvalue weighted by Gasteiger charge is -2.17. The number of ketones is 1. The first-order valence-electron chi connectivity index (χ1n) is 4.11. The van der Waals surface area contributed by atoms with Crippen LogP contribution >= 0.6 is 23.2 Å². The zero-order valence-electron chi connectivity index (χ0n) is 7.97. The summed E-state index contributed by atoms with van der Waals surface area (Å²) >= 11 is 11.7. The summed E-state index contributed by atoms with van der Waals surface area (Å²) in [5.41, 5.74) is 5.11. The minimum absolute atomic E-state index is 0.218. The van der Waals surface area contributed by atoms with Gasteiger partial charge in [0.1, 0.15) is 0 Å². The maximum atomic E-state index is 11.8. The SMILES string of the molecule is CC(C)(N)C(=O)c1cccc(Cl)c1Cl. The van der Waals surface area contributed by atoms with Crippen molar-refractivity contribution in [3.05, 3.63) is 33.8 Å². The Morgan fingerprint density at radius 2 is 1.93 bits per heavy atom. The second kappa shape index (κ2) is 3.89. The first-order chi connectivity index (χ1) is 6.34. The molecule has 0 amide bonds. The molecule has 1 aromatic rings. The van der Waals surface area contributed by atoms with Crippen LogP contribution in [-0.4, -0.2) is 11.3 Å². The molecule has 0 unspecified atom stereocenters. The van der Waals surface area contributed by atoms with Gasteiger partial charge in [-0.1, -0.05) is 29.3 Å². The van der Waals surface area contributed by atoms with Gasteiger partial charge >= 0.3 is 0 Å². The zero-order valence-corrected chi connectivity index (χ0v) is 9.49. The van der Waals surface area contributed by atoms with Crippen molar-refractivity contribution in [3.8, 4) is 0 Å². The topological polar surface area (TPSA) is 43.1 Å². The third-order valence-corrected chi connectivity index (χ3v) is 2.60. The summed E-state index contributed by atoms with van der Waals surface area (Å²) in [4.78, 5) is 11.8. The van der Waals surface area contributed by atoms with E-state index in [4.69, 9.17) is 28.9 Å². The Bertz CT molecular complexity index is 369. The van der Waals surface area contributed by atoms with E-state index in [9.17, 15) is 4.79 Å². The Labute approximate surface area is 93.0 Å². The van der Waals surface area contributed by atoms with Crippen LogP contribution in [0.1, 0.15) is 24.2 Å². The van der Waals surface area contributed by atoms with Crippen LogP contribution in [0.4, 0.5) is 0 Å². The Morgan fingerprint density at radius 1 is 1.36 bits per heavy atom. The fourth-order valence-corrected chi connectivity index (χ4v) is 1.41. The molecule has 1 rings (SSSR count). The smallest absolute Gasteiger partial charge is 0.183 e. The number of Topliss-reactive ketones (excluding diaryl/α,β-unsaturated/α-hetero) is 1. The predicted octanol–water partition coefficient (Wildman–Crippen LogP) is 2.91. The summed E-state index contributed by atoms with van der Waals surface area (Å²) in [6, 6.07) is 4.92. The van der Waals surface area contributed by atoms with Crippen molar-refractivity contribution in [2.45, 2.75) is 19.4 Å². The molecule has 0 radical (unpaired) electrons. The highest BCUT2D eigenvalue weighted by molar-refractivity contribution is 6.44. The van der Waals surface area contributed by atoms with Crippen molar-refractivity contribution in [3.63, 3.8) is 0 Å². The van der Waals surface area contributed by atoms with E-state index in [-0.39, 0.29) is 10.8 Å². The van der Waals surface area contributed by atoms with E-state index in [2.05, 4.69) is 0 Å². The van der Waals surface area contributed by atoms with E-state index in [1.165, 1.54) is 0 Å². The molecule has 0 aliphatic heterocycles. The van der Waals surface area contributed by atoms with Crippen molar-refractivity contribution in [1.82, 2.24) is 0 Å². The molecule has 0 bridgehead atoms. The molecule has 0 spiro atoms. The summed E-state index contributed by atoms with van der Waals surface area (Å²) in [6.45, 7) is 3.26. The van der Waals surface area contributed by atoms with Crippen LogP contribution in [0.3, 0.4) is 0 Å². The zero-order chi connectivity index (χ0) is 10.9. The second-order valence-corrected chi connectivity index (χ2v) is 4.44. The van der Waals surface area contributed by atoms with E-state index in [0.29, 0.717) is 10.6 Å². The molecule has 0 fully saturated rings. The number of halogens is 2. The highest BCUT2D eigenvalue weighted by atomic mass is 35.5. The maximum Gasteiger partial charge on any atom is 0.183 e. The molecule has 0 aliphatic rings. The Hall–Kier alpha value is -0.570. The molecule has 1 aromatic carbocycles. The van der Waals surface area contributed by atoms with Crippen LogP contribution in [-0.2, 0) is 0 Å². The quantitative estimate of drug-likeness (QED) is 0.796. The standard InChI is InChI=1S/C10H11Cl2NO/c1-10(2,13)9(14)6-4-3-5-7(11)8(6)12/h3-5H,13H2,1-2H3. The minimum atomic E-state index is -0.936. The summed E-state index contributed by atoms with van der Waals surface area (Å²) < 4.78 is 0. The summed E-state index contributed by atoms with van der Waals surface area (Å²) in [5.74, 6) is -0.218. The van der Waals surface area contributed by atoms with Gasteiger partial charge in [0.2, 0.25) is 0 Å². The molecule has 4 heteroatoms. The van der Waals surface area contributed by atoms with Crippen molar-refractivity contribution in [2.75, 3.05) is 0 Å². The van der Waals surface area contributed by atoms with Gasteiger partial charge in [-0.25, -0.2) is 0 Å². The summed E-state index contributed by atoms with van der Waals surface area (Å²) in [5, 5.41) is 0.624. The fourth-order valence-electron chi connectivity index (χ4n) is 1.03. The van der Waals surface area contributed by atoms with Gasteiger partial charge in [-0.3, -0.25) is 4.79 Å². The Kier molecular flexibility index (Phi) is 3.20. The lowest BCUT2D eigenvalue weighted by Crippen LogP contribution is -2.41. The number of carbonyl (C=O) groups is 1. The Morgan fingerprint density at radius 3 is 2.43 bits per heavy atom. The number of hydrogen-bond acceptors (Lipinski definition) is 2. The van der Waals surface area contributed by atoms with Crippen molar-refractivity contribution in [2.24, 2.45) is 5.73 Å². The van der Waals surface area contributed by atoms with E-state index >= 15 is 0 Å². The summed E-state index contributed by atoms with van der Waals surface area (Å²) in [6.07, 6.45) is 0. The molecule has 2 N–H and O–H groups in total. The number of benzene rings is 1. The van der Waals surface area contributed by atoms with E-state index in [1.807, 2.05) is 0 Å². The van der Waals surface area contributed by atoms with E-state index in [1.54, 1.807) is 32.0 Å². The number of nitrogens with two attached hydrogens (primary N) is 1. The van der Waals surface area contributed by atoms with Gasteiger partial charge in [-0.15, -0.1) is 0 Å². The molecule has 0 aromatic heterocycles. The first kappa shape index (κ1) is 11.5. The number of hydrogen-bond donors (Lipinski definition) is 1. The average molecular weight is 232 g/mol. The highest BCUT2D eigenvalue weighted by Crippen LogP contribution is 2.27. The third-order valence-electron chi connectivity index (χ3n) is 1.78. The predicted molar refractivity (Wildman–Crippen MR) is 59.1 cm³/mol. The molecule has 0 saturated heterocycles. The van der Waals surface area contributed by atoms with Gasteiger partial charge in [-0.2, -0.15) is 0 Å². The van der Waals surface area contributed by atoms with Crippen LogP contribution in [0.2, 0.25) is 10.0 Å². The lowest BCUT2D eigenvalue weighted by atomic mass is 9.94. The third kappa shape index (κ3) is 2.27. The lowest BCUT2D eigenvalue weighted by molar-refractivity contribution is 0.0914. The molecule has 0 saturated carbocycles. The molecule has 0 atom stereocenters. The van der Waals surface area contributed by atoms with Crippen LogP contribution in [0.25, 0.3) is 0 Å². The number of rotatable bonds is 2. The largest absolute Gasteiger partial charge is 0.319 e. The van der Waals surface area contributed by atoms with E-state index in [0.717, 1.165) is 0 Å². The molecule has 76 valence electrons.